The number of amides is 1. The van der Waals surface area contributed by atoms with Crippen LogP contribution in [0.5, 0.6) is 0 Å². The summed E-state index contributed by atoms with van der Waals surface area (Å²) in [5, 5.41) is 12.3. The van der Waals surface area contributed by atoms with Crippen molar-refractivity contribution < 1.29 is 9.90 Å². The van der Waals surface area contributed by atoms with Gasteiger partial charge in [-0.25, -0.2) is 0 Å². The molecule has 1 amide bonds. The number of hydrogen-bond acceptors (Lipinski definition) is 2. The van der Waals surface area contributed by atoms with Gasteiger partial charge in [-0.2, -0.15) is 0 Å². The van der Waals surface area contributed by atoms with Gasteiger partial charge in [-0.1, -0.05) is 33.1 Å². The van der Waals surface area contributed by atoms with Gasteiger partial charge in [0.05, 0.1) is 0 Å². The van der Waals surface area contributed by atoms with Crippen LogP contribution in [-0.2, 0) is 4.79 Å². The third kappa shape index (κ3) is 5.85. The van der Waals surface area contributed by atoms with Crippen LogP contribution in [0.2, 0.25) is 0 Å². The molecule has 1 atom stereocenters. The zero-order valence-corrected chi connectivity index (χ0v) is 12.0. The van der Waals surface area contributed by atoms with Gasteiger partial charge in [0.1, 0.15) is 0 Å². The maximum absolute atomic E-state index is 11.9. The van der Waals surface area contributed by atoms with Crippen LogP contribution in [-0.4, -0.2) is 23.7 Å². The third-order valence-corrected chi connectivity index (χ3v) is 3.95. The SMILES string of the molecule is CC(C)CCC(=O)NC(CCO)C1CCCCC1. The molecule has 1 aliphatic rings. The first-order valence-electron chi connectivity index (χ1n) is 7.53. The second-order valence-corrected chi connectivity index (χ2v) is 6.02. The topological polar surface area (TPSA) is 49.3 Å². The average molecular weight is 255 g/mol. The molecule has 3 heteroatoms. The van der Waals surface area contributed by atoms with Gasteiger partial charge in [0.25, 0.3) is 0 Å². The molecule has 0 bridgehead atoms. The van der Waals surface area contributed by atoms with Crippen molar-refractivity contribution in [2.24, 2.45) is 11.8 Å². The van der Waals surface area contributed by atoms with Gasteiger partial charge in [-0.05, 0) is 37.5 Å². The molecule has 1 unspecified atom stereocenters. The van der Waals surface area contributed by atoms with E-state index >= 15 is 0 Å². The lowest BCUT2D eigenvalue weighted by atomic mass is 9.82. The van der Waals surface area contributed by atoms with E-state index < -0.39 is 0 Å². The van der Waals surface area contributed by atoms with Gasteiger partial charge in [0.2, 0.25) is 5.91 Å². The summed E-state index contributed by atoms with van der Waals surface area (Å²) in [7, 11) is 0. The van der Waals surface area contributed by atoms with Crippen LogP contribution in [0.25, 0.3) is 0 Å². The summed E-state index contributed by atoms with van der Waals surface area (Å²) in [6.07, 6.45) is 8.55. The van der Waals surface area contributed by atoms with E-state index in [2.05, 4.69) is 19.2 Å². The first-order chi connectivity index (χ1) is 8.63. The van der Waals surface area contributed by atoms with Gasteiger partial charge in [-0.3, -0.25) is 4.79 Å². The molecule has 1 rings (SSSR count). The molecule has 2 N–H and O–H groups in total. The molecule has 1 saturated carbocycles. The predicted molar refractivity (Wildman–Crippen MR) is 74.3 cm³/mol. The van der Waals surface area contributed by atoms with Gasteiger partial charge < -0.3 is 10.4 Å². The fourth-order valence-corrected chi connectivity index (χ4v) is 2.80. The van der Waals surface area contributed by atoms with E-state index in [0.29, 0.717) is 24.7 Å². The summed E-state index contributed by atoms with van der Waals surface area (Å²) in [4.78, 5) is 11.9. The predicted octanol–water partition coefficient (Wildman–Crippen LogP) is 2.87. The number of hydrogen-bond donors (Lipinski definition) is 2. The van der Waals surface area contributed by atoms with E-state index in [1.54, 1.807) is 0 Å². The Morgan fingerprint density at radius 1 is 1.22 bits per heavy atom. The Morgan fingerprint density at radius 2 is 1.89 bits per heavy atom. The fraction of sp³-hybridized carbons (Fsp3) is 0.933. The minimum atomic E-state index is 0.160. The maximum Gasteiger partial charge on any atom is 0.220 e. The molecule has 0 aromatic rings. The van der Waals surface area contributed by atoms with Crippen molar-refractivity contribution in [2.75, 3.05) is 6.61 Å². The first kappa shape index (κ1) is 15.5. The molecule has 0 spiro atoms. The van der Waals surface area contributed by atoms with E-state index in [9.17, 15) is 4.79 Å². The molecule has 0 aromatic carbocycles. The molecular formula is C15H29NO2. The summed E-state index contributed by atoms with van der Waals surface area (Å²) in [5.74, 6) is 1.31. The van der Waals surface area contributed by atoms with Crippen LogP contribution < -0.4 is 5.32 Å². The van der Waals surface area contributed by atoms with Crippen LogP contribution in [0.4, 0.5) is 0 Å². The largest absolute Gasteiger partial charge is 0.396 e. The lowest BCUT2D eigenvalue weighted by Gasteiger charge is -2.30. The highest BCUT2D eigenvalue weighted by Gasteiger charge is 2.24. The average Bonchev–Trinajstić information content (AvgIpc) is 2.37. The number of carbonyl (C=O) groups excluding carboxylic acids is 1. The van der Waals surface area contributed by atoms with Gasteiger partial charge in [-0.15, -0.1) is 0 Å². The second kappa shape index (κ2) is 8.52. The number of carbonyl (C=O) groups is 1. The Labute approximate surface area is 111 Å². The minimum absolute atomic E-state index is 0.160. The number of nitrogens with one attached hydrogen (secondary N) is 1. The van der Waals surface area contributed by atoms with Crippen LogP contribution in [0.1, 0.15) is 65.2 Å². The molecule has 0 radical (unpaired) electrons. The van der Waals surface area contributed by atoms with Crippen LogP contribution in [0.3, 0.4) is 0 Å². The van der Waals surface area contributed by atoms with E-state index in [1.165, 1.54) is 32.1 Å². The van der Waals surface area contributed by atoms with E-state index in [-0.39, 0.29) is 18.6 Å². The van der Waals surface area contributed by atoms with Crippen molar-refractivity contribution >= 4 is 5.91 Å². The van der Waals surface area contributed by atoms with Crippen LogP contribution >= 0.6 is 0 Å². The van der Waals surface area contributed by atoms with Crippen LogP contribution in [0.15, 0.2) is 0 Å². The molecule has 0 aromatic heterocycles. The zero-order chi connectivity index (χ0) is 13.4. The molecule has 0 saturated heterocycles. The minimum Gasteiger partial charge on any atom is -0.396 e. The number of aliphatic hydroxyl groups is 1. The Balaban J connectivity index is 2.38. The Morgan fingerprint density at radius 3 is 2.44 bits per heavy atom. The third-order valence-electron chi connectivity index (χ3n) is 3.95. The molecule has 1 fully saturated rings. The normalized spacial score (nSPS) is 18.9. The molecule has 18 heavy (non-hydrogen) atoms. The first-order valence-corrected chi connectivity index (χ1v) is 7.53. The number of aliphatic hydroxyl groups excluding tert-OH is 1. The van der Waals surface area contributed by atoms with Gasteiger partial charge >= 0.3 is 0 Å². The quantitative estimate of drug-likeness (QED) is 0.735. The maximum atomic E-state index is 11.9. The van der Waals surface area contributed by atoms with Crippen molar-refractivity contribution in [1.82, 2.24) is 5.32 Å². The van der Waals surface area contributed by atoms with Crippen molar-refractivity contribution in [1.29, 1.82) is 0 Å². The summed E-state index contributed by atoms with van der Waals surface area (Å²) in [5.41, 5.74) is 0. The van der Waals surface area contributed by atoms with Crippen LogP contribution in [0, 0.1) is 11.8 Å². The lowest BCUT2D eigenvalue weighted by molar-refractivity contribution is -0.122. The van der Waals surface area contributed by atoms with Crippen molar-refractivity contribution in [3.63, 3.8) is 0 Å². The van der Waals surface area contributed by atoms with E-state index in [4.69, 9.17) is 5.11 Å². The summed E-state index contributed by atoms with van der Waals surface area (Å²) < 4.78 is 0. The van der Waals surface area contributed by atoms with E-state index in [0.717, 1.165) is 6.42 Å². The fourth-order valence-electron chi connectivity index (χ4n) is 2.80. The lowest BCUT2D eigenvalue weighted by Crippen LogP contribution is -2.41. The summed E-state index contributed by atoms with van der Waals surface area (Å²) in [6, 6.07) is 0.190. The molecule has 106 valence electrons. The zero-order valence-electron chi connectivity index (χ0n) is 12.0. The number of rotatable bonds is 7. The van der Waals surface area contributed by atoms with Crippen molar-refractivity contribution in [3.05, 3.63) is 0 Å². The highest BCUT2D eigenvalue weighted by Crippen LogP contribution is 2.27. The molecule has 0 aliphatic heterocycles. The van der Waals surface area contributed by atoms with Gasteiger partial charge in [0, 0.05) is 19.1 Å². The van der Waals surface area contributed by atoms with Crippen molar-refractivity contribution in [3.8, 4) is 0 Å². The Kier molecular flexibility index (Phi) is 7.33. The monoisotopic (exact) mass is 255 g/mol. The second-order valence-electron chi connectivity index (χ2n) is 6.02. The molecule has 0 heterocycles. The summed E-state index contributed by atoms with van der Waals surface area (Å²) >= 11 is 0. The van der Waals surface area contributed by atoms with Crippen molar-refractivity contribution in [2.45, 2.75) is 71.3 Å². The molecular weight excluding hydrogens is 226 g/mol. The molecule has 1 aliphatic carbocycles. The highest BCUT2D eigenvalue weighted by atomic mass is 16.3. The Hall–Kier alpha value is -0.570. The highest BCUT2D eigenvalue weighted by molar-refractivity contribution is 5.76. The smallest absolute Gasteiger partial charge is 0.220 e. The standard InChI is InChI=1S/C15H29NO2/c1-12(2)8-9-15(18)16-14(10-11-17)13-6-4-3-5-7-13/h12-14,17H,3-11H2,1-2H3,(H,16,18). The van der Waals surface area contributed by atoms with E-state index in [1.807, 2.05) is 0 Å². The molecule has 3 nitrogen and oxygen atoms in total. The van der Waals surface area contributed by atoms with Gasteiger partial charge in [0.15, 0.2) is 0 Å². The summed E-state index contributed by atoms with van der Waals surface area (Å²) in [6.45, 7) is 4.45. The Bertz CT molecular complexity index is 235.